The van der Waals surface area contributed by atoms with Gasteiger partial charge in [-0.05, 0) is 36.5 Å². The van der Waals surface area contributed by atoms with Crippen molar-refractivity contribution in [3.05, 3.63) is 41.0 Å². The van der Waals surface area contributed by atoms with Gasteiger partial charge in [0.25, 0.3) is 0 Å². The highest BCUT2D eigenvalue weighted by Gasteiger charge is 2.07. The Morgan fingerprint density at radius 3 is 2.89 bits per heavy atom. The third kappa shape index (κ3) is 4.06. The lowest BCUT2D eigenvalue weighted by molar-refractivity contribution is 0.0695. The van der Waals surface area contributed by atoms with Gasteiger partial charge in [-0.2, -0.15) is 5.26 Å². The van der Waals surface area contributed by atoms with Crippen LogP contribution in [0.2, 0.25) is 0 Å². The van der Waals surface area contributed by atoms with Crippen LogP contribution < -0.4 is 0 Å². The van der Waals surface area contributed by atoms with Gasteiger partial charge in [-0.25, -0.2) is 4.79 Å². The van der Waals surface area contributed by atoms with E-state index in [4.69, 9.17) is 10.4 Å². The number of allylic oxidation sites excluding steroid dienone is 1. The summed E-state index contributed by atoms with van der Waals surface area (Å²) in [5.41, 5.74) is 2.23. The Morgan fingerprint density at radius 2 is 2.28 bits per heavy atom. The van der Waals surface area contributed by atoms with Gasteiger partial charge in [0, 0.05) is 6.42 Å². The first kappa shape index (κ1) is 14.0. The van der Waals surface area contributed by atoms with Gasteiger partial charge in [0.1, 0.15) is 0 Å². The first-order valence-electron chi connectivity index (χ1n) is 6.08. The van der Waals surface area contributed by atoms with Gasteiger partial charge in [-0.15, -0.1) is 0 Å². The molecule has 0 saturated heterocycles. The molecule has 0 aliphatic heterocycles. The molecule has 0 unspecified atom stereocenters. The maximum atomic E-state index is 11.0. The molecule has 0 aliphatic carbocycles. The van der Waals surface area contributed by atoms with Crippen molar-refractivity contribution in [2.24, 2.45) is 0 Å². The minimum absolute atomic E-state index is 0.374. The molecule has 0 atom stereocenters. The minimum Gasteiger partial charge on any atom is -0.478 e. The molecular formula is C15H17NO2. The Labute approximate surface area is 107 Å². The largest absolute Gasteiger partial charge is 0.478 e. The Hall–Kier alpha value is -2.08. The first-order valence-corrected chi connectivity index (χ1v) is 6.08. The lowest BCUT2D eigenvalue weighted by atomic mass is 10.0. The molecule has 0 fully saturated rings. The van der Waals surface area contributed by atoms with Crippen LogP contribution >= 0.6 is 0 Å². The molecule has 1 aromatic rings. The summed E-state index contributed by atoms with van der Waals surface area (Å²) >= 11 is 0. The molecule has 0 heterocycles. The number of rotatable bonds is 6. The summed E-state index contributed by atoms with van der Waals surface area (Å²) in [5.74, 6) is -0.878. The van der Waals surface area contributed by atoms with Gasteiger partial charge >= 0.3 is 5.97 Å². The Morgan fingerprint density at radius 1 is 1.50 bits per heavy atom. The normalized spacial score (nSPS) is 10.4. The van der Waals surface area contributed by atoms with E-state index in [1.165, 1.54) is 0 Å². The number of unbranched alkanes of at least 4 members (excludes halogenated alkanes) is 2. The Kier molecular flexibility index (Phi) is 5.66. The first-order chi connectivity index (χ1) is 8.69. The lowest BCUT2D eigenvalue weighted by Crippen LogP contribution is -2.01. The molecule has 0 aliphatic rings. The number of carboxylic acid groups (broad SMARTS) is 1. The molecule has 18 heavy (non-hydrogen) atoms. The topological polar surface area (TPSA) is 61.1 Å². The summed E-state index contributed by atoms with van der Waals surface area (Å²) in [5, 5.41) is 17.4. The average molecular weight is 243 g/mol. The zero-order valence-electron chi connectivity index (χ0n) is 10.5. The molecule has 3 nitrogen and oxygen atoms in total. The van der Waals surface area contributed by atoms with E-state index in [0.717, 1.165) is 24.0 Å². The maximum Gasteiger partial charge on any atom is 0.335 e. The van der Waals surface area contributed by atoms with Crippen LogP contribution in [0.4, 0.5) is 0 Å². The predicted octanol–water partition coefficient (Wildman–Crippen LogP) is 3.65. The molecule has 0 saturated carbocycles. The van der Waals surface area contributed by atoms with Crippen LogP contribution in [-0.2, 0) is 6.42 Å². The molecule has 0 amide bonds. The van der Waals surface area contributed by atoms with Gasteiger partial charge in [0.15, 0.2) is 0 Å². The van der Waals surface area contributed by atoms with Crippen molar-refractivity contribution in [3.8, 4) is 6.07 Å². The van der Waals surface area contributed by atoms with E-state index in [9.17, 15) is 4.79 Å². The summed E-state index contributed by atoms with van der Waals surface area (Å²) in [6.45, 7) is 1.95. The van der Waals surface area contributed by atoms with Crippen molar-refractivity contribution in [1.82, 2.24) is 0 Å². The average Bonchev–Trinajstić information content (AvgIpc) is 2.38. The fourth-order valence-corrected chi connectivity index (χ4v) is 1.74. The number of carboxylic acids is 1. The molecular weight excluding hydrogens is 226 g/mol. The van der Waals surface area contributed by atoms with Crippen LogP contribution in [0.3, 0.4) is 0 Å². The highest BCUT2D eigenvalue weighted by Crippen LogP contribution is 2.14. The zero-order chi connectivity index (χ0) is 13.4. The molecule has 0 spiro atoms. The number of carbonyl (C=O) groups is 1. The monoisotopic (exact) mass is 243 g/mol. The third-order valence-electron chi connectivity index (χ3n) is 2.71. The van der Waals surface area contributed by atoms with Crippen molar-refractivity contribution in [2.75, 3.05) is 0 Å². The molecule has 0 aromatic heterocycles. The number of hydrogen-bond acceptors (Lipinski definition) is 2. The molecule has 3 heteroatoms. The van der Waals surface area contributed by atoms with E-state index in [-0.39, 0.29) is 0 Å². The van der Waals surface area contributed by atoms with Crippen molar-refractivity contribution in [2.45, 2.75) is 32.6 Å². The SMILES string of the molecule is CCc1cc(/C=C/CCCC#N)ccc1C(=O)O. The standard InChI is InChI=1S/C15H17NO2/c1-2-13-11-12(7-5-3-4-6-10-16)8-9-14(13)15(17)18/h5,7-9,11H,2-4,6H2,1H3,(H,17,18)/b7-5+. The molecule has 0 radical (unpaired) electrons. The van der Waals surface area contributed by atoms with Crippen LogP contribution in [0.15, 0.2) is 24.3 Å². The quantitative estimate of drug-likeness (QED) is 0.776. The van der Waals surface area contributed by atoms with Crippen molar-refractivity contribution in [3.63, 3.8) is 0 Å². The maximum absolute atomic E-state index is 11.0. The Bertz CT molecular complexity index is 484. The smallest absolute Gasteiger partial charge is 0.335 e. The van der Waals surface area contributed by atoms with E-state index in [1.807, 2.05) is 31.2 Å². The number of nitriles is 1. The van der Waals surface area contributed by atoms with Crippen molar-refractivity contribution >= 4 is 12.0 Å². The van der Waals surface area contributed by atoms with Gasteiger partial charge < -0.3 is 5.11 Å². The second-order valence-electron chi connectivity index (χ2n) is 4.03. The van der Waals surface area contributed by atoms with Gasteiger partial charge in [-0.1, -0.05) is 31.2 Å². The Balaban J connectivity index is 2.74. The number of aromatic carboxylic acids is 1. The van der Waals surface area contributed by atoms with Crippen molar-refractivity contribution < 1.29 is 9.90 Å². The molecule has 94 valence electrons. The summed E-state index contributed by atoms with van der Waals surface area (Å²) in [4.78, 5) is 11.0. The van der Waals surface area contributed by atoms with E-state index in [1.54, 1.807) is 6.07 Å². The minimum atomic E-state index is -0.878. The van der Waals surface area contributed by atoms with Gasteiger partial charge in [0.2, 0.25) is 0 Å². The fraction of sp³-hybridized carbons (Fsp3) is 0.333. The van der Waals surface area contributed by atoms with E-state index >= 15 is 0 Å². The summed E-state index contributed by atoms with van der Waals surface area (Å²) in [6.07, 6.45) is 7.01. The number of aryl methyl sites for hydroxylation is 1. The van der Waals surface area contributed by atoms with Crippen molar-refractivity contribution in [1.29, 1.82) is 5.26 Å². The van der Waals surface area contributed by atoms with Crippen LogP contribution in [0, 0.1) is 11.3 Å². The van der Waals surface area contributed by atoms with Crippen LogP contribution in [0.5, 0.6) is 0 Å². The van der Waals surface area contributed by atoms with E-state index in [0.29, 0.717) is 18.4 Å². The lowest BCUT2D eigenvalue weighted by Gasteiger charge is -2.04. The number of benzene rings is 1. The summed E-state index contributed by atoms with van der Waals surface area (Å²) in [6, 6.07) is 7.47. The highest BCUT2D eigenvalue weighted by molar-refractivity contribution is 5.89. The number of hydrogen-bond donors (Lipinski definition) is 1. The fourth-order valence-electron chi connectivity index (χ4n) is 1.74. The summed E-state index contributed by atoms with van der Waals surface area (Å²) < 4.78 is 0. The van der Waals surface area contributed by atoms with E-state index in [2.05, 4.69) is 6.07 Å². The second-order valence-corrected chi connectivity index (χ2v) is 4.03. The highest BCUT2D eigenvalue weighted by atomic mass is 16.4. The number of nitrogens with zero attached hydrogens (tertiary/aromatic N) is 1. The molecule has 1 aromatic carbocycles. The van der Waals surface area contributed by atoms with Gasteiger partial charge in [-0.3, -0.25) is 0 Å². The van der Waals surface area contributed by atoms with Crippen LogP contribution in [0.1, 0.15) is 47.7 Å². The van der Waals surface area contributed by atoms with Crippen LogP contribution in [-0.4, -0.2) is 11.1 Å². The molecule has 1 N–H and O–H groups in total. The molecule has 0 bridgehead atoms. The van der Waals surface area contributed by atoms with Gasteiger partial charge in [0.05, 0.1) is 11.6 Å². The predicted molar refractivity (Wildman–Crippen MR) is 71.3 cm³/mol. The second kappa shape index (κ2) is 7.29. The van der Waals surface area contributed by atoms with Crippen LogP contribution in [0.25, 0.3) is 6.08 Å². The zero-order valence-corrected chi connectivity index (χ0v) is 10.5. The summed E-state index contributed by atoms with van der Waals surface area (Å²) in [7, 11) is 0. The van der Waals surface area contributed by atoms with E-state index < -0.39 is 5.97 Å². The molecule has 1 rings (SSSR count). The third-order valence-corrected chi connectivity index (χ3v) is 2.71.